The molecular formula is C19H18N2O2. The van der Waals surface area contributed by atoms with Gasteiger partial charge in [-0.2, -0.15) is 0 Å². The van der Waals surface area contributed by atoms with Gasteiger partial charge in [-0.05, 0) is 29.8 Å². The lowest BCUT2D eigenvalue weighted by atomic mass is 9.83. The van der Waals surface area contributed by atoms with Crippen LogP contribution in [0.3, 0.4) is 0 Å². The van der Waals surface area contributed by atoms with Gasteiger partial charge < -0.3 is 9.84 Å². The Morgan fingerprint density at radius 2 is 1.61 bits per heavy atom. The maximum absolute atomic E-state index is 11.5. The molecule has 0 amide bonds. The van der Waals surface area contributed by atoms with Crippen LogP contribution in [-0.2, 0) is 12.0 Å². The van der Waals surface area contributed by atoms with Gasteiger partial charge in [-0.25, -0.2) is 0 Å². The van der Waals surface area contributed by atoms with Gasteiger partial charge in [0.1, 0.15) is 11.4 Å². The predicted molar refractivity (Wildman–Crippen MR) is 88.2 cm³/mol. The molecule has 0 aliphatic heterocycles. The molecule has 0 saturated carbocycles. The number of hydrogen-bond donors (Lipinski definition) is 1. The predicted octanol–water partition coefficient (Wildman–Crippen LogP) is 2.96. The minimum absolute atomic E-state index is 0.404. The second-order valence-electron chi connectivity index (χ2n) is 5.37. The average Bonchev–Trinajstić information content (AvgIpc) is 2.63. The van der Waals surface area contributed by atoms with Crippen LogP contribution in [0.25, 0.3) is 0 Å². The van der Waals surface area contributed by atoms with Crippen molar-refractivity contribution in [2.75, 3.05) is 7.11 Å². The van der Waals surface area contributed by atoms with Gasteiger partial charge in [-0.3, -0.25) is 9.97 Å². The summed E-state index contributed by atoms with van der Waals surface area (Å²) < 4.78 is 5.27. The molecule has 0 fully saturated rings. The normalized spacial score (nSPS) is 11.2. The quantitative estimate of drug-likeness (QED) is 0.787. The van der Waals surface area contributed by atoms with E-state index >= 15 is 0 Å². The Hall–Kier alpha value is -2.72. The van der Waals surface area contributed by atoms with E-state index in [0.29, 0.717) is 6.42 Å². The average molecular weight is 306 g/mol. The molecule has 1 aromatic carbocycles. The van der Waals surface area contributed by atoms with Crippen molar-refractivity contribution < 1.29 is 9.84 Å². The van der Waals surface area contributed by atoms with Crippen LogP contribution in [0.4, 0.5) is 0 Å². The number of aliphatic hydroxyl groups is 1. The third kappa shape index (κ3) is 3.22. The molecule has 2 aromatic heterocycles. The van der Waals surface area contributed by atoms with Crippen LogP contribution in [0, 0.1) is 0 Å². The summed E-state index contributed by atoms with van der Waals surface area (Å²) >= 11 is 0. The van der Waals surface area contributed by atoms with E-state index in [1.807, 2.05) is 48.5 Å². The smallest absolute Gasteiger partial charge is 0.122 e. The molecule has 0 unspecified atom stereocenters. The summed E-state index contributed by atoms with van der Waals surface area (Å²) in [5, 5.41) is 11.5. The molecule has 0 spiro atoms. The maximum Gasteiger partial charge on any atom is 0.122 e. The van der Waals surface area contributed by atoms with Crippen molar-refractivity contribution >= 4 is 0 Å². The summed E-state index contributed by atoms with van der Waals surface area (Å²) in [5.41, 5.74) is 1.24. The molecule has 4 nitrogen and oxygen atoms in total. The maximum atomic E-state index is 11.5. The van der Waals surface area contributed by atoms with E-state index < -0.39 is 5.60 Å². The molecule has 3 rings (SSSR count). The zero-order valence-corrected chi connectivity index (χ0v) is 12.9. The molecular weight excluding hydrogens is 288 g/mol. The molecule has 2 heterocycles. The highest BCUT2D eigenvalue weighted by atomic mass is 16.5. The highest BCUT2D eigenvalue weighted by molar-refractivity contribution is 5.38. The van der Waals surface area contributed by atoms with Crippen molar-refractivity contribution in [2.45, 2.75) is 12.0 Å². The van der Waals surface area contributed by atoms with Crippen molar-refractivity contribution in [3.05, 3.63) is 90.0 Å². The lowest BCUT2D eigenvalue weighted by molar-refractivity contribution is 0.0803. The largest absolute Gasteiger partial charge is 0.497 e. The van der Waals surface area contributed by atoms with E-state index in [-0.39, 0.29) is 0 Å². The first-order valence-electron chi connectivity index (χ1n) is 7.39. The summed E-state index contributed by atoms with van der Waals surface area (Å²) in [5.74, 6) is 0.766. The van der Waals surface area contributed by atoms with Gasteiger partial charge >= 0.3 is 0 Å². The van der Waals surface area contributed by atoms with Crippen molar-refractivity contribution in [2.24, 2.45) is 0 Å². The monoisotopic (exact) mass is 306 g/mol. The SMILES string of the molecule is COc1cccc(CC(O)(c2cccnc2)c2cccnc2)c1. The van der Waals surface area contributed by atoms with Gasteiger partial charge in [0.25, 0.3) is 0 Å². The first-order valence-corrected chi connectivity index (χ1v) is 7.39. The number of rotatable bonds is 5. The van der Waals surface area contributed by atoms with Crippen LogP contribution in [0.2, 0.25) is 0 Å². The van der Waals surface area contributed by atoms with Crippen molar-refractivity contribution in [3.8, 4) is 5.75 Å². The molecule has 4 heteroatoms. The minimum atomic E-state index is -1.20. The molecule has 0 aliphatic carbocycles. The molecule has 3 aromatic rings. The van der Waals surface area contributed by atoms with Crippen molar-refractivity contribution in [3.63, 3.8) is 0 Å². The summed E-state index contributed by atoms with van der Waals surface area (Å²) in [6.45, 7) is 0. The highest BCUT2D eigenvalue weighted by Crippen LogP contribution is 2.33. The first-order chi connectivity index (χ1) is 11.2. The third-order valence-electron chi connectivity index (χ3n) is 3.87. The van der Waals surface area contributed by atoms with Crippen LogP contribution in [0.1, 0.15) is 16.7 Å². The fourth-order valence-electron chi connectivity index (χ4n) is 2.66. The van der Waals surface area contributed by atoms with Gasteiger partial charge in [0.15, 0.2) is 0 Å². The van der Waals surface area contributed by atoms with Gasteiger partial charge in [-0.1, -0.05) is 24.3 Å². The van der Waals surface area contributed by atoms with Gasteiger partial charge in [0.05, 0.1) is 7.11 Å². The topological polar surface area (TPSA) is 55.2 Å². The number of aromatic nitrogens is 2. The number of hydrogen-bond acceptors (Lipinski definition) is 4. The molecule has 1 N–H and O–H groups in total. The summed E-state index contributed by atoms with van der Waals surface area (Å²) in [4.78, 5) is 8.29. The number of pyridine rings is 2. The first kappa shape index (κ1) is 15.2. The molecule has 116 valence electrons. The zero-order chi connectivity index (χ0) is 16.1. The number of methoxy groups -OCH3 is 1. The van der Waals surface area contributed by atoms with Gasteiger partial charge in [0, 0.05) is 42.3 Å². The van der Waals surface area contributed by atoms with Crippen molar-refractivity contribution in [1.82, 2.24) is 9.97 Å². The van der Waals surface area contributed by atoms with Crippen LogP contribution < -0.4 is 4.74 Å². The van der Waals surface area contributed by atoms with Crippen LogP contribution in [-0.4, -0.2) is 22.2 Å². The second kappa shape index (κ2) is 6.58. The van der Waals surface area contributed by atoms with Gasteiger partial charge in [-0.15, -0.1) is 0 Å². The fraction of sp³-hybridized carbons (Fsp3) is 0.158. The number of ether oxygens (including phenoxy) is 1. The molecule has 0 atom stereocenters. The number of nitrogens with zero attached hydrogens (tertiary/aromatic N) is 2. The van der Waals surface area contributed by atoms with E-state index in [0.717, 1.165) is 22.4 Å². The Bertz CT molecular complexity index is 721. The van der Waals surface area contributed by atoms with E-state index in [2.05, 4.69) is 9.97 Å². The molecule has 0 bridgehead atoms. The lowest BCUT2D eigenvalue weighted by Crippen LogP contribution is -2.30. The number of benzene rings is 1. The van der Waals surface area contributed by atoms with Gasteiger partial charge in [0.2, 0.25) is 0 Å². The molecule has 0 aliphatic rings. The highest BCUT2D eigenvalue weighted by Gasteiger charge is 2.32. The second-order valence-corrected chi connectivity index (χ2v) is 5.37. The lowest BCUT2D eigenvalue weighted by Gasteiger charge is -2.29. The van der Waals surface area contributed by atoms with Crippen LogP contribution in [0.15, 0.2) is 73.3 Å². The minimum Gasteiger partial charge on any atom is -0.497 e. The van der Waals surface area contributed by atoms with Crippen molar-refractivity contribution in [1.29, 1.82) is 0 Å². The summed E-state index contributed by atoms with van der Waals surface area (Å²) in [6.07, 6.45) is 7.17. The van der Waals surface area contributed by atoms with E-state index in [1.165, 1.54) is 0 Å². The van der Waals surface area contributed by atoms with E-state index in [9.17, 15) is 5.11 Å². The van der Waals surface area contributed by atoms with E-state index in [1.54, 1.807) is 31.9 Å². The van der Waals surface area contributed by atoms with Crippen LogP contribution in [0.5, 0.6) is 5.75 Å². The summed E-state index contributed by atoms with van der Waals surface area (Å²) in [7, 11) is 1.63. The third-order valence-corrected chi connectivity index (χ3v) is 3.87. The summed E-state index contributed by atoms with van der Waals surface area (Å²) in [6, 6.07) is 15.1. The fourth-order valence-corrected chi connectivity index (χ4v) is 2.66. The molecule has 23 heavy (non-hydrogen) atoms. The zero-order valence-electron chi connectivity index (χ0n) is 12.9. The molecule has 0 radical (unpaired) electrons. The Morgan fingerprint density at radius 3 is 2.13 bits per heavy atom. The Labute approximate surface area is 135 Å². The standard InChI is InChI=1S/C19H18N2O2/c1-23-18-8-2-5-15(11-18)12-19(22,16-6-3-9-20-13-16)17-7-4-10-21-14-17/h2-11,13-14,22H,12H2,1H3. The van der Waals surface area contributed by atoms with Crippen LogP contribution >= 0.6 is 0 Å². The Morgan fingerprint density at radius 1 is 0.957 bits per heavy atom. The van der Waals surface area contributed by atoms with E-state index in [4.69, 9.17) is 4.74 Å². The Kier molecular flexibility index (Phi) is 4.35. The Balaban J connectivity index is 2.05. The molecule has 0 saturated heterocycles.